The number of halogens is 1. The molecule has 6 heteroatoms. The maximum Gasteiger partial charge on any atom is 0.222 e. The maximum atomic E-state index is 9.62. The van der Waals surface area contributed by atoms with Crippen molar-refractivity contribution in [2.45, 2.75) is 32.4 Å². The van der Waals surface area contributed by atoms with E-state index in [2.05, 4.69) is 15.3 Å². The number of anilines is 2. The molecular formula is C10H15ClN4O. The Morgan fingerprint density at radius 2 is 2.31 bits per heavy atom. The SMILES string of the molecule is CC1(C)C(O)CC1Nc1nc(N)ncc1Cl. The molecule has 88 valence electrons. The molecule has 0 bridgehead atoms. The molecule has 0 radical (unpaired) electrons. The van der Waals surface area contributed by atoms with Crippen molar-refractivity contribution in [3.05, 3.63) is 11.2 Å². The molecule has 2 unspecified atom stereocenters. The zero-order chi connectivity index (χ0) is 11.9. The van der Waals surface area contributed by atoms with Crippen LogP contribution in [0.2, 0.25) is 5.02 Å². The van der Waals surface area contributed by atoms with Crippen LogP contribution in [0, 0.1) is 5.41 Å². The number of rotatable bonds is 2. The Morgan fingerprint density at radius 1 is 1.62 bits per heavy atom. The average Bonchev–Trinajstić information content (AvgIpc) is 2.23. The summed E-state index contributed by atoms with van der Waals surface area (Å²) in [4.78, 5) is 7.81. The minimum Gasteiger partial charge on any atom is -0.392 e. The average molecular weight is 243 g/mol. The lowest BCUT2D eigenvalue weighted by Gasteiger charge is -2.49. The highest BCUT2D eigenvalue weighted by Gasteiger charge is 2.47. The molecule has 0 spiro atoms. The summed E-state index contributed by atoms with van der Waals surface area (Å²) in [5, 5.41) is 13.2. The van der Waals surface area contributed by atoms with Gasteiger partial charge in [0.25, 0.3) is 0 Å². The summed E-state index contributed by atoms with van der Waals surface area (Å²) in [5.41, 5.74) is 5.31. The first-order valence-corrected chi connectivity index (χ1v) is 5.51. The normalized spacial score (nSPS) is 27.2. The highest BCUT2D eigenvalue weighted by molar-refractivity contribution is 6.32. The summed E-state index contributed by atoms with van der Waals surface area (Å²) in [6.07, 6.45) is 1.87. The van der Waals surface area contributed by atoms with E-state index in [1.807, 2.05) is 13.8 Å². The lowest BCUT2D eigenvalue weighted by Crippen LogP contribution is -2.57. The van der Waals surface area contributed by atoms with Gasteiger partial charge in [-0.25, -0.2) is 4.98 Å². The smallest absolute Gasteiger partial charge is 0.222 e. The van der Waals surface area contributed by atoms with Gasteiger partial charge in [0.2, 0.25) is 5.95 Å². The highest BCUT2D eigenvalue weighted by atomic mass is 35.5. The van der Waals surface area contributed by atoms with E-state index in [1.165, 1.54) is 6.20 Å². The van der Waals surface area contributed by atoms with Crippen LogP contribution in [0.5, 0.6) is 0 Å². The van der Waals surface area contributed by atoms with E-state index in [-0.39, 0.29) is 23.5 Å². The maximum absolute atomic E-state index is 9.62. The first-order valence-electron chi connectivity index (χ1n) is 5.14. The number of nitrogens with two attached hydrogens (primary N) is 1. The second-order valence-corrected chi connectivity index (χ2v) is 5.10. The van der Waals surface area contributed by atoms with E-state index in [0.29, 0.717) is 17.3 Å². The van der Waals surface area contributed by atoms with Crippen molar-refractivity contribution < 1.29 is 5.11 Å². The van der Waals surface area contributed by atoms with E-state index in [0.717, 1.165) is 0 Å². The topological polar surface area (TPSA) is 84.1 Å². The summed E-state index contributed by atoms with van der Waals surface area (Å²) in [6.45, 7) is 3.99. The molecule has 2 rings (SSSR count). The predicted octanol–water partition coefficient (Wildman–Crippen LogP) is 1.28. The Kier molecular flexibility index (Phi) is 2.67. The van der Waals surface area contributed by atoms with Gasteiger partial charge in [-0.05, 0) is 6.42 Å². The van der Waals surface area contributed by atoms with Gasteiger partial charge in [0.15, 0.2) is 5.82 Å². The van der Waals surface area contributed by atoms with Gasteiger partial charge in [-0.3, -0.25) is 0 Å². The fourth-order valence-corrected chi connectivity index (χ4v) is 1.94. The molecule has 1 aliphatic carbocycles. The number of aromatic nitrogens is 2. The van der Waals surface area contributed by atoms with Gasteiger partial charge < -0.3 is 16.2 Å². The Bertz CT molecular complexity index is 410. The molecule has 4 N–H and O–H groups in total. The van der Waals surface area contributed by atoms with Gasteiger partial charge in [0.1, 0.15) is 5.02 Å². The summed E-state index contributed by atoms with van der Waals surface area (Å²) >= 11 is 5.95. The van der Waals surface area contributed by atoms with Crippen LogP contribution in [-0.2, 0) is 0 Å². The number of nitrogen functional groups attached to an aromatic ring is 1. The van der Waals surface area contributed by atoms with Crippen molar-refractivity contribution in [2.24, 2.45) is 5.41 Å². The van der Waals surface area contributed by atoms with Crippen LogP contribution in [0.25, 0.3) is 0 Å². The van der Waals surface area contributed by atoms with Crippen LogP contribution in [-0.4, -0.2) is 27.2 Å². The van der Waals surface area contributed by atoms with Crippen molar-refractivity contribution in [3.63, 3.8) is 0 Å². The lowest BCUT2D eigenvalue weighted by molar-refractivity contribution is -0.0511. The second-order valence-electron chi connectivity index (χ2n) is 4.69. The quantitative estimate of drug-likeness (QED) is 0.728. The Balaban J connectivity index is 2.13. The van der Waals surface area contributed by atoms with Crippen LogP contribution in [0.15, 0.2) is 6.20 Å². The van der Waals surface area contributed by atoms with Gasteiger partial charge in [0, 0.05) is 11.5 Å². The van der Waals surface area contributed by atoms with Gasteiger partial charge in [-0.2, -0.15) is 4.98 Å². The molecule has 0 amide bonds. The van der Waals surface area contributed by atoms with Crippen molar-refractivity contribution in [2.75, 3.05) is 11.1 Å². The van der Waals surface area contributed by atoms with E-state index >= 15 is 0 Å². The molecule has 2 atom stereocenters. The number of hydrogen-bond acceptors (Lipinski definition) is 5. The summed E-state index contributed by atoms with van der Waals surface area (Å²) in [5.74, 6) is 0.712. The van der Waals surface area contributed by atoms with Crippen molar-refractivity contribution in [1.82, 2.24) is 9.97 Å². The Hall–Kier alpha value is -1.07. The molecule has 1 fully saturated rings. The third kappa shape index (κ3) is 1.81. The van der Waals surface area contributed by atoms with E-state index in [4.69, 9.17) is 17.3 Å². The molecular weight excluding hydrogens is 228 g/mol. The molecule has 1 aliphatic rings. The summed E-state index contributed by atoms with van der Waals surface area (Å²) < 4.78 is 0. The molecule has 16 heavy (non-hydrogen) atoms. The number of aliphatic hydroxyl groups excluding tert-OH is 1. The standard InChI is InChI=1S/C10H15ClN4O/c1-10(2)6(3-7(10)16)14-8-5(11)4-13-9(12)15-8/h4,6-7,16H,3H2,1-2H3,(H3,12,13,14,15). The van der Waals surface area contributed by atoms with Gasteiger partial charge in [0.05, 0.1) is 12.3 Å². The number of nitrogens with zero attached hydrogens (tertiary/aromatic N) is 2. The van der Waals surface area contributed by atoms with Gasteiger partial charge >= 0.3 is 0 Å². The zero-order valence-electron chi connectivity index (χ0n) is 9.24. The van der Waals surface area contributed by atoms with E-state index in [9.17, 15) is 5.11 Å². The second kappa shape index (κ2) is 3.75. The van der Waals surface area contributed by atoms with E-state index < -0.39 is 0 Å². The zero-order valence-corrected chi connectivity index (χ0v) is 9.99. The summed E-state index contributed by atoms with van der Waals surface area (Å²) in [6, 6.07) is 0.147. The fraction of sp³-hybridized carbons (Fsp3) is 0.600. The molecule has 1 aromatic heterocycles. The monoisotopic (exact) mass is 242 g/mol. The highest BCUT2D eigenvalue weighted by Crippen LogP contribution is 2.42. The van der Waals surface area contributed by atoms with Crippen molar-refractivity contribution >= 4 is 23.4 Å². The van der Waals surface area contributed by atoms with E-state index in [1.54, 1.807) is 0 Å². The van der Waals surface area contributed by atoms with Crippen LogP contribution in [0.3, 0.4) is 0 Å². The molecule has 1 aromatic rings. The Labute approximate surface area is 99.0 Å². The van der Waals surface area contributed by atoms with Crippen LogP contribution < -0.4 is 11.1 Å². The first kappa shape index (κ1) is 11.4. The summed E-state index contributed by atoms with van der Waals surface area (Å²) in [7, 11) is 0. The lowest BCUT2D eigenvalue weighted by atomic mass is 9.64. The fourth-order valence-electron chi connectivity index (χ4n) is 1.79. The van der Waals surface area contributed by atoms with Crippen LogP contribution in [0.4, 0.5) is 11.8 Å². The molecule has 0 saturated heterocycles. The number of hydrogen-bond donors (Lipinski definition) is 3. The van der Waals surface area contributed by atoms with Crippen molar-refractivity contribution in [3.8, 4) is 0 Å². The minimum absolute atomic E-state index is 0.147. The Morgan fingerprint density at radius 3 is 2.88 bits per heavy atom. The third-order valence-electron chi connectivity index (χ3n) is 3.29. The van der Waals surface area contributed by atoms with Gasteiger partial charge in [-0.1, -0.05) is 25.4 Å². The van der Waals surface area contributed by atoms with Gasteiger partial charge in [-0.15, -0.1) is 0 Å². The molecule has 0 aromatic carbocycles. The number of aliphatic hydroxyl groups is 1. The minimum atomic E-state index is -0.289. The first-order chi connectivity index (χ1) is 7.41. The third-order valence-corrected chi connectivity index (χ3v) is 3.57. The van der Waals surface area contributed by atoms with Crippen LogP contribution >= 0.6 is 11.6 Å². The predicted molar refractivity (Wildman–Crippen MR) is 63.3 cm³/mol. The van der Waals surface area contributed by atoms with Crippen LogP contribution in [0.1, 0.15) is 20.3 Å². The molecule has 1 saturated carbocycles. The van der Waals surface area contributed by atoms with Crippen molar-refractivity contribution in [1.29, 1.82) is 0 Å². The number of nitrogens with one attached hydrogen (secondary N) is 1. The largest absolute Gasteiger partial charge is 0.392 e. The molecule has 0 aliphatic heterocycles. The molecule has 1 heterocycles. The molecule has 5 nitrogen and oxygen atoms in total.